The van der Waals surface area contributed by atoms with E-state index in [2.05, 4.69) is 0 Å². The summed E-state index contributed by atoms with van der Waals surface area (Å²) in [5, 5.41) is -0.467. The second-order valence-corrected chi connectivity index (χ2v) is 6.32. The van der Waals surface area contributed by atoms with Crippen molar-refractivity contribution in [1.82, 2.24) is 0 Å². The lowest BCUT2D eigenvalue weighted by Crippen LogP contribution is -2.17. The molecule has 1 rings (SSSR count). The van der Waals surface area contributed by atoms with Gasteiger partial charge in [0.05, 0.1) is 11.1 Å². The molecule has 0 N–H and O–H groups in total. The number of halogens is 2. The van der Waals surface area contributed by atoms with Crippen LogP contribution in [-0.2, 0) is 16.3 Å². The van der Waals surface area contributed by atoms with Gasteiger partial charge in [-0.25, -0.2) is 12.8 Å². The minimum atomic E-state index is -3.06. The van der Waals surface area contributed by atoms with Crippen LogP contribution >= 0.6 is 11.6 Å². The third kappa shape index (κ3) is 5.14. The van der Waals surface area contributed by atoms with E-state index >= 15 is 0 Å². The molecular weight excluding hydrogens is 239 g/mol. The molecule has 0 radical (unpaired) electrons. The van der Waals surface area contributed by atoms with Gasteiger partial charge < -0.3 is 0 Å². The van der Waals surface area contributed by atoms with Gasteiger partial charge in [-0.3, -0.25) is 0 Å². The highest BCUT2D eigenvalue weighted by molar-refractivity contribution is 7.90. The van der Waals surface area contributed by atoms with E-state index in [0.717, 1.165) is 11.8 Å². The van der Waals surface area contributed by atoms with Crippen LogP contribution in [0.15, 0.2) is 24.3 Å². The van der Waals surface area contributed by atoms with E-state index in [-0.39, 0.29) is 11.6 Å². The summed E-state index contributed by atoms with van der Waals surface area (Å²) in [5.74, 6) is -0.376. The number of rotatable bonds is 4. The Hall–Kier alpha value is -0.610. The fourth-order valence-electron chi connectivity index (χ4n) is 1.26. The molecule has 1 aromatic carbocycles. The molecule has 2 nitrogen and oxygen atoms in total. The van der Waals surface area contributed by atoms with Crippen molar-refractivity contribution in [2.75, 3.05) is 12.0 Å². The topological polar surface area (TPSA) is 34.1 Å². The molecule has 15 heavy (non-hydrogen) atoms. The van der Waals surface area contributed by atoms with Gasteiger partial charge in [0.15, 0.2) is 0 Å². The molecule has 1 aromatic rings. The molecular formula is C10H12ClFO2S. The van der Waals surface area contributed by atoms with E-state index in [0.29, 0.717) is 6.42 Å². The third-order valence-electron chi connectivity index (χ3n) is 1.85. The number of alkyl halides is 1. The Morgan fingerprint density at radius 1 is 1.33 bits per heavy atom. The van der Waals surface area contributed by atoms with Crippen molar-refractivity contribution in [2.24, 2.45) is 0 Å². The van der Waals surface area contributed by atoms with Gasteiger partial charge in [0.25, 0.3) is 0 Å². The molecule has 0 spiro atoms. The minimum Gasteiger partial charge on any atom is -0.229 e. The van der Waals surface area contributed by atoms with Crippen molar-refractivity contribution in [2.45, 2.75) is 11.8 Å². The smallest absolute Gasteiger partial charge is 0.148 e. The predicted octanol–water partition coefficient (Wildman–Crippen LogP) is 2.02. The Kier molecular flexibility index (Phi) is 4.11. The molecule has 84 valence electrons. The number of sulfone groups is 1. The molecule has 0 saturated heterocycles. The van der Waals surface area contributed by atoms with Gasteiger partial charge in [-0.1, -0.05) is 12.1 Å². The number of hydrogen-bond acceptors (Lipinski definition) is 2. The second kappa shape index (κ2) is 4.94. The summed E-state index contributed by atoms with van der Waals surface area (Å²) >= 11 is 5.87. The summed E-state index contributed by atoms with van der Waals surface area (Å²) in [6, 6.07) is 5.87. The first-order valence-corrected chi connectivity index (χ1v) is 6.93. The van der Waals surface area contributed by atoms with Crippen LogP contribution in [0.2, 0.25) is 0 Å². The maximum atomic E-state index is 12.6. The normalized spacial score (nSPS) is 13.8. The van der Waals surface area contributed by atoms with Gasteiger partial charge in [0.1, 0.15) is 15.7 Å². The van der Waals surface area contributed by atoms with E-state index in [1.807, 2.05) is 0 Å². The Morgan fingerprint density at radius 3 is 2.33 bits per heavy atom. The van der Waals surface area contributed by atoms with Crippen molar-refractivity contribution in [3.63, 3.8) is 0 Å². The van der Waals surface area contributed by atoms with Crippen LogP contribution in [0.25, 0.3) is 0 Å². The first-order valence-electron chi connectivity index (χ1n) is 4.43. The summed E-state index contributed by atoms with van der Waals surface area (Å²) < 4.78 is 34.4. The van der Waals surface area contributed by atoms with Crippen molar-refractivity contribution >= 4 is 21.4 Å². The van der Waals surface area contributed by atoms with Crippen LogP contribution < -0.4 is 0 Å². The highest BCUT2D eigenvalue weighted by atomic mass is 35.5. The highest BCUT2D eigenvalue weighted by Gasteiger charge is 2.12. The molecule has 0 aliphatic carbocycles. The summed E-state index contributed by atoms with van der Waals surface area (Å²) in [4.78, 5) is 0. The largest absolute Gasteiger partial charge is 0.229 e. The van der Waals surface area contributed by atoms with Gasteiger partial charge in [0, 0.05) is 6.26 Å². The molecule has 5 heteroatoms. The van der Waals surface area contributed by atoms with Gasteiger partial charge >= 0.3 is 0 Å². The SMILES string of the molecule is CS(=O)(=O)CC(Cl)Cc1ccc(F)cc1. The zero-order valence-electron chi connectivity index (χ0n) is 8.28. The fourth-order valence-corrected chi connectivity index (χ4v) is 2.90. The average Bonchev–Trinajstić information content (AvgIpc) is 2.05. The van der Waals surface area contributed by atoms with Gasteiger partial charge in [-0.2, -0.15) is 0 Å². The van der Waals surface area contributed by atoms with Crippen LogP contribution in [0, 0.1) is 5.82 Å². The van der Waals surface area contributed by atoms with E-state index in [1.165, 1.54) is 12.1 Å². The monoisotopic (exact) mass is 250 g/mol. The second-order valence-electron chi connectivity index (χ2n) is 3.52. The quantitative estimate of drug-likeness (QED) is 0.767. The van der Waals surface area contributed by atoms with Gasteiger partial charge in [-0.05, 0) is 24.1 Å². The molecule has 0 amide bonds. The Morgan fingerprint density at radius 2 is 1.87 bits per heavy atom. The van der Waals surface area contributed by atoms with Crippen molar-refractivity contribution in [3.8, 4) is 0 Å². The number of benzene rings is 1. The molecule has 1 atom stereocenters. The van der Waals surface area contributed by atoms with Crippen LogP contribution in [0.3, 0.4) is 0 Å². The van der Waals surface area contributed by atoms with Gasteiger partial charge in [-0.15, -0.1) is 11.6 Å². The van der Waals surface area contributed by atoms with E-state index < -0.39 is 15.2 Å². The maximum Gasteiger partial charge on any atom is 0.148 e. The lowest BCUT2D eigenvalue weighted by Gasteiger charge is -2.07. The first kappa shape index (κ1) is 12.5. The summed E-state index contributed by atoms with van der Waals surface area (Å²) in [5.41, 5.74) is 0.833. The van der Waals surface area contributed by atoms with Crippen LogP contribution in [0.4, 0.5) is 4.39 Å². The van der Waals surface area contributed by atoms with Crippen LogP contribution in [0.5, 0.6) is 0 Å². The first-order chi connectivity index (χ1) is 6.87. The Balaban J connectivity index is 2.59. The summed E-state index contributed by atoms with van der Waals surface area (Å²) in [6.07, 6.45) is 1.57. The zero-order chi connectivity index (χ0) is 11.5. The summed E-state index contributed by atoms with van der Waals surface area (Å²) in [7, 11) is -3.06. The standard InChI is InChI=1S/C10H12ClFO2S/c1-15(13,14)7-9(11)6-8-2-4-10(12)5-3-8/h2-5,9H,6-7H2,1H3. The van der Waals surface area contributed by atoms with Gasteiger partial charge in [0.2, 0.25) is 0 Å². The lowest BCUT2D eigenvalue weighted by molar-refractivity contribution is 0.599. The molecule has 0 aliphatic heterocycles. The molecule has 0 bridgehead atoms. The summed E-state index contributed by atoms with van der Waals surface area (Å²) in [6.45, 7) is 0. The minimum absolute atomic E-state index is 0.0636. The van der Waals surface area contributed by atoms with Crippen molar-refractivity contribution in [3.05, 3.63) is 35.6 Å². The Labute approximate surface area is 94.0 Å². The Bertz CT molecular complexity index is 414. The molecule has 0 heterocycles. The lowest BCUT2D eigenvalue weighted by atomic mass is 10.1. The van der Waals surface area contributed by atoms with Crippen molar-refractivity contribution in [1.29, 1.82) is 0 Å². The van der Waals surface area contributed by atoms with Crippen LogP contribution in [-0.4, -0.2) is 25.8 Å². The molecule has 0 aromatic heterocycles. The predicted molar refractivity (Wildman–Crippen MR) is 59.5 cm³/mol. The van der Waals surface area contributed by atoms with Crippen molar-refractivity contribution < 1.29 is 12.8 Å². The van der Waals surface area contributed by atoms with E-state index in [9.17, 15) is 12.8 Å². The van der Waals surface area contributed by atoms with E-state index in [1.54, 1.807) is 12.1 Å². The highest BCUT2D eigenvalue weighted by Crippen LogP contribution is 2.11. The number of hydrogen-bond donors (Lipinski definition) is 0. The maximum absolute atomic E-state index is 12.6. The third-order valence-corrected chi connectivity index (χ3v) is 3.35. The zero-order valence-corrected chi connectivity index (χ0v) is 9.85. The molecule has 0 aliphatic rings. The molecule has 0 fully saturated rings. The molecule has 1 unspecified atom stereocenters. The molecule has 0 saturated carbocycles. The van der Waals surface area contributed by atoms with Crippen LogP contribution in [0.1, 0.15) is 5.56 Å². The average molecular weight is 251 g/mol. The fraction of sp³-hybridized carbons (Fsp3) is 0.400. The van der Waals surface area contributed by atoms with E-state index in [4.69, 9.17) is 11.6 Å².